The van der Waals surface area contributed by atoms with Crippen LogP contribution in [-0.2, 0) is 18.1 Å². The normalized spacial score (nSPS) is 11.9. The van der Waals surface area contributed by atoms with Crippen molar-refractivity contribution in [2.45, 2.75) is 72.5 Å². The van der Waals surface area contributed by atoms with Gasteiger partial charge in [0, 0.05) is 0 Å². The Kier molecular flexibility index (Phi) is 13.5. The maximum absolute atomic E-state index is 12.2. The zero-order valence-electron chi connectivity index (χ0n) is 12.6. The summed E-state index contributed by atoms with van der Waals surface area (Å²) in [6, 6.07) is 0. The molecule has 0 aliphatic rings. The predicted molar refractivity (Wildman–Crippen MR) is 69.6 cm³/mol. The van der Waals surface area contributed by atoms with Crippen LogP contribution >= 0.6 is 7.82 Å². The molecule has 0 aromatic carbocycles. The molecule has 0 heterocycles. The van der Waals surface area contributed by atoms with Gasteiger partial charge in [-0.1, -0.05) is 26.2 Å². The van der Waals surface area contributed by atoms with Gasteiger partial charge in [0.15, 0.2) is 0 Å². The molecule has 0 spiro atoms. The molecule has 0 aliphatic heterocycles. The molecule has 0 rings (SSSR count). The second kappa shape index (κ2) is 11.5. The quantitative estimate of drug-likeness (QED) is 0.263. The second-order valence-electron chi connectivity index (χ2n) is 4.52. The monoisotopic (exact) mass is 272 g/mol. The zero-order chi connectivity index (χ0) is 13.3. The van der Waals surface area contributed by atoms with E-state index in [0.29, 0.717) is 0 Å². The first-order chi connectivity index (χ1) is 7.89. The van der Waals surface area contributed by atoms with Gasteiger partial charge in [-0.15, -0.1) is 0 Å². The summed E-state index contributed by atoms with van der Waals surface area (Å²) in [5.41, 5.74) is 0. The molecule has 0 aromatic heterocycles. The summed E-state index contributed by atoms with van der Waals surface area (Å²) < 4.78 is 27.8. The third-order valence-electron chi connectivity index (χ3n) is 1.81. The van der Waals surface area contributed by atoms with Gasteiger partial charge in [0.2, 0.25) is 0 Å². The first kappa shape index (κ1) is 21.0. The number of hydrogen-bond donors (Lipinski definition) is 0. The first-order valence-electron chi connectivity index (χ1n) is 6.36. The molecule has 0 radical (unpaired) electrons. The molecule has 104 valence electrons. The molecular weight excluding hydrogens is 246 g/mol. The van der Waals surface area contributed by atoms with E-state index in [4.69, 9.17) is 13.6 Å². The number of phosphoric ester groups is 1. The molecule has 4 nitrogen and oxygen atoms in total. The maximum Gasteiger partial charge on any atom is 1.00 e. The Balaban J connectivity index is 0. The minimum Gasteiger partial charge on any atom is -0.464 e. The van der Waals surface area contributed by atoms with Crippen molar-refractivity contribution >= 4 is 7.82 Å². The summed E-state index contributed by atoms with van der Waals surface area (Å²) in [5, 5.41) is 0. The van der Waals surface area contributed by atoms with E-state index in [1.165, 1.54) is 0 Å². The van der Waals surface area contributed by atoms with Crippen LogP contribution in [0.25, 0.3) is 0 Å². The van der Waals surface area contributed by atoms with Gasteiger partial charge >= 0.3 is 26.7 Å². The summed E-state index contributed by atoms with van der Waals surface area (Å²) in [5.74, 6) is 0. The van der Waals surface area contributed by atoms with Crippen LogP contribution in [-0.4, -0.2) is 12.2 Å². The summed E-state index contributed by atoms with van der Waals surface area (Å²) in [4.78, 5) is 0. The minimum absolute atomic E-state index is 0. The molecule has 0 bridgehead atoms. The van der Waals surface area contributed by atoms with E-state index in [-0.39, 0.29) is 31.1 Å². The SMILES string of the molecule is CCCCC[CH-]OP(=O)(OC(C)C)OC(C)C.[Li+]. The summed E-state index contributed by atoms with van der Waals surface area (Å²) in [6.07, 6.45) is 3.70. The van der Waals surface area contributed by atoms with Crippen LogP contribution in [0.15, 0.2) is 0 Å². The Morgan fingerprint density at radius 2 is 1.56 bits per heavy atom. The molecule has 0 aliphatic carbocycles. The van der Waals surface area contributed by atoms with Gasteiger partial charge < -0.3 is 4.52 Å². The van der Waals surface area contributed by atoms with E-state index < -0.39 is 7.82 Å². The molecule has 18 heavy (non-hydrogen) atoms. The minimum atomic E-state index is -3.44. The molecule has 6 heteroatoms. The molecule has 0 fully saturated rings. The van der Waals surface area contributed by atoms with Crippen LogP contribution in [0.5, 0.6) is 0 Å². The van der Waals surface area contributed by atoms with Crippen molar-refractivity contribution in [3.8, 4) is 0 Å². The van der Waals surface area contributed by atoms with E-state index in [1.807, 2.05) is 0 Å². The van der Waals surface area contributed by atoms with E-state index in [1.54, 1.807) is 34.3 Å². The van der Waals surface area contributed by atoms with Gasteiger partial charge in [0.05, 0.1) is 12.2 Å². The maximum atomic E-state index is 12.2. The summed E-state index contributed by atoms with van der Waals surface area (Å²) >= 11 is 0. The van der Waals surface area contributed by atoms with Gasteiger partial charge in [-0.25, -0.2) is 4.57 Å². The molecule has 0 aromatic rings. The number of unbranched alkanes of at least 4 members (excludes halogenated alkanes) is 3. The van der Waals surface area contributed by atoms with E-state index in [0.717, 1.165) is 25.7 Å². The van der Waals surface area contributed by atoms with Gasteiger partial charge in [-0.2, -0.15) is 13.0 Å². The van der Waals surface area contributed by atoms with E-state index >= 15 is 0 Å². The predicted octanol–water partition coefficient (Wildman–Crippen LogP) is 1.71. The van der Waals surface area contributed by atoms with Crippen LogP contribution in [0.3, 0.4) is 0 Å². The van der Waals surface area contributed by atoms with Crippen LogP contribution in [0.4, 0.5) is 0 Å². The summed E-state index contributed by atoms with van der Waals surface area (Å²) in [6.45, 7) is 10.9. The van der Waals surface area contributed by atoms with Crippen molar-refractivity contribution in [3.63, 3.8) is 0 Å². The van der Waals surface area contributed by atoms with Crippen molar-refractivity contribution in [2.24, 2.45) is 0 Å². The largest absolute Gasteiger partial charge is 1.00 e. The Hall–Kier alpha value is 0.707. The van der Waals surface area contributed by atoms with Gasteiger partial charge in [0.25, 0.3) is 0 Å². The summed E-state index contributed by atoms with van der Waals surface area (Å²) in [7, 11) is -3.44. The van der Waals surface area contributed by atoms with E-state index in [2.05, 4.69) is 6.92 Å². The van der Waals surface area contributed by atoms with Crippen molar-refractivity contribution in [1.82, 2.24) is 0 Å². The zero-order valence-corrected chi connectivity index (χ0v) is 13.5. The number of phosphoric acid groups is 1. The fraction of sp³-hybridized carbons (Fsp3) is 0.917. The first-order valence-corrected chi connectivity index (χ1v) is 7.82. The topological polar surface area (TPSA) is 44.8 Å². The van der Waals surface area contributed by atoms with Crippen molar-refractivity contribution in [1.29, 1.82) is 0 Å². The Morgan fingerprint density at radius 1 is 1.06 bits per heavy atom. The average Bonchev–Trinajstić information content (AvgIpc) is 2.14. The van der Waals surface area contributed by atoms with Crippen LogP contribution in [0.1, 0.15) is 60.3 Å². The number of rotatable bonds is 10. The Labute approximate surface area is 124 Å². The van der Waals surface area contributed by atoms with Crippen molar-refractivity contribution in [3.05, 3.63) is 6.61 Å². The van der Waals surface area contributed by atoms with E-state index in [9.17, 15) is 4.57 Å². The fourth-order valence-corrected chi connectivity index (χ4v) is 2.68. The van der Waals surface area contributed by atoms with Crippen LogP contribution in [0, 0.1) is 6.61 Å². The fourth-order valence-electron chi connectivity index (χ4n) is 1.21. The molecule has 0 atom stereocenters. The Morgan fingerprint density at radius 3 is 1.94 bits per heavy atom. The van der Waals surface area contributed by atoms with Crippen LogP contribution in [0.2, 0.25) is 0 Å². The smallest absolute Gasteiger partial charge is 0.464 e. The van der Waals surface area contributed by atoms with Crippen LogP contribution < -0.4 is 18.9 Å². The third-order valence-corrected chi connectivity index (χ3v) is 3.58. The van der Waals surface area contributed by atoms with Crippen molar-refractivity contribution < 1.29 is 37.0 Å². The average molecular weight is 272 g/mol. The molecule has 0 saturated carbocycles. The molecular formula is C12H26LiO4P. The molecule has 0 unspecified atom stereocenters. The molecule has 0 N–H and O–H groups in total. The second-order valence-corrected chi connectivity index (χ2v) is 6.05. The van der Waals surface area contributed by atoms with Crippen molar-refractivity contribution in [2.75, 3.05) is 0 Å². The molecule has 0 amide bonds. The number of hydrogen-bond acceptors (Lipinski definition) is 4. The standard InChI is InChI=1S/C12H26O4P.Li/c1-6-7-8-9-10-14-17(13,15-11(2)3)16-12(4)5;/h10-12H,6-9H2,1-5H3;/q-1;+1. The molecule has 0 saturated heterocycles. The van der Waals surface area contributed by atoms with Gasteiger partial charge in [0.1, 0.15) is 0 Å². The Bertz CT molecular complexity index is 220. The van der Waals surface area contributed by atoms with Gasteiger partial charge in [-0.3, -0.25) is 9.05 Å². The third kappa shape index (κ3) is 11.8. The van der Waals surface area contributed by atoms with Gasteiger partial charge in [-0.05, 0) is 27.7 Å².